The summed E-state index contributed by atoms with van der Waals surface area (Å²) in [6.45, 7) is -0.200. The van der Waals surface area contributed by atoms with Gasteiger partial charge in [0, 0.05) is 13.1 Å². The summed E-state index contributed by atoms with van der Waals surface area (Å²) < 4.78 is 61.7. The molecule has 0 atom stereocenters. The molecule has 0 radical (unpaired) electrons. The summed E-state index contributed by atoms with van der Waals surface area (Å²) >= 11 is 0. The first-order valence-corrected chi connectivity index (χ1v) is 7.14. The van der Waals surface area contributed by atoms with E-state index in [9.17, 15) is 21.6 Å². The van der Waals surface area contributed by atoms with E-state index in [1.54, 1.807) is 4.72 Å². The van der Waals surface area contributed by atoms with Crippen molar-refractivity contribution in [3.8, 4) is 0 Å². The zero-order valence-electron chi connectivity index (χ0n) is 10.1. The Labute approximate surface area is 105 Å². The molecule has 1 rings (SSSR count). The summed E-state index contributed by atoms with van der Waals surface area (Å²) in [5.41, 5.74) is 0. The topological polar surface area (TPSA) is 61.4 Å². The second-order valence-corrected chi connectivity index (χ2v) is 6.10. The molecule has 1 heterocycles. The second kappa shape index (κ2) is 6.18. The highest BCUT2D eigenvalue weighted by atomic mass is 32.2. The number of hydrogen-bond acceptors (Lipinski definition) is 3. The average molecular weight is 289 g/mol. The van der Waals surface area contributed by atoms with E-state index in [4.69, 9.17) is 0 Å². The van der Waals surface area contributed by atoms with Crippen molar-refractivity contribution >= 4 is 10.2 Å². The largest absolute Gasteiger partial charge is 0.402 e. The van der Waals surface area contributed by atoms with Crippen molar-refractivity contribution in [2.45, 2.75) is 19.0 Å². The summed E-state index contributed by atoms with van der Waals surface area (Å²) in [4.78, 5) is 0. The van der Waals surface area contributed by atoms with Gasteiger partial charge in [-0.1, -0.05) is 0 Å². The molecule has 0 spiro atoms. The molecular formula is C9H18F3N3O2S. The summed E-state index contributed by atoms with van der Waals surface area (Å²) in [5, 5.41) is 3.00. The van der Waals surface area contributed by atoms with Crippen molar-refractivity contribution in [3.63, 3.8) is 0 Å². The normalized spacial score (nSPS) is 20.2. The summed E-state index contributed by atoms with van der Waals surface area (Å²) in [6.07, 6.45) is -3.21. The molecule has 0 aromatic heterocycles. The number of halogens is 3. The van der Waals surface area contributed by atoms with Crippen molar-refractivity contribution in [3.05, 3.63) is 0 Å². The number of hydrogen-bond donors (Lipinski definition) is 2. The lowest BCUT2D eigenvalue weighted by Gasteiger charge is -2.31. The average Bonchev–Trinajstić information content (AvgIpc) is 2.27. The Hall–Kier alpha value is -0.380. The zero-order chi connectivity index (χ0) is 13.8. The van der Waals surface area contributed by atoms with Crippen molar-refractivity contribution in [1.82, 2.24) is 14.3 Å². The monoisotopic (exact) mass is 289 g/mol. The van der Waals surface area contributed by atoms with E-state index in [-0.39, 0.29) is 13.1 Å². The van der Waals surface area contributed by atoms with Gasteiger partial charge in [-0.05, 0) is 32.4 Å². The molecule has 0 unspecified atom stereocenters. The third-order valence-corrected chi connectivity index (χ3v) is 4.42. The quantitative estimate of drug-likeness (QED) is 0.766. The van der Waals surface area contributed by atoms with Crippen LogP contribution in [0.15, 0.2) is 0 Å². The van der Waals surface area contributed by atoms with Gasteiger partial charge in [-0.15, -0.1) is 0 Å². The predicted molar refractivity (Wildman–Crippen MR) is 61.2 cm³/mol. The minimum atomic E-state index is -4.53. The van der Waals surface area contributed by atoms with Gasteiger partial charge in [-0.2, -0.15) is 30.6 Å². The summed E-state index contributed by atoms with van der Waals surface area (Å²) in [6, 6.07) is 0. The fourth-order valence-corrected chi connectivity index (χ4v) is 3.13. The standard InChI is InChI=1S/C9H18F3N3O2S/c1-13-6-8-2-4-15(5-3-8)18(16,17)14-7-9(10,11)12/h8,13-14H,2-7H2,1H3. The van der Waals surface area contributed by atoms with Crippen LogP contribution >= 0.6 is 0 Å². The number of alkyl halides is 3. The minimum absolute atomic E-state index is 0.263. The maximum Gasteiger partial charge on any atom is 0.402 e. The molecule has 1 saturated heterocycles. The van der Waals surface area contributed by atoms with Crippen molar-refractivity contribution < 1.29 is 21.6 Å². The molecule has 5 nitrogen and oxygen atoms in total. The van der Waals surface area contributed by atoms with Crippen molar-refractivity contribution in [2.24, 2.45) is 5.92 Å². The van der Waals surface area contributed by atoms with Crippen LogP contribution in [0.2, 0.25) is 0 Å². The van der Waals surface area contributed by atoms with Crippen LogP contribution in [0.1, 0.15) is 12.8 Å². The smallest absolute Gasteiger partial charge is 0.319 e. The molecule has 0 aromatic carbocycles. The number of piperidine rings is 1. The summed E-state index contributed by atoms with van der Waals surface area (Å²) in [5.74, 6) is 0.379. The fraction of sp³-hybridized carbons (Fsp3) is 1.00. The van der Waals surface area contributed by atoms with Gasteiger partial charge in [0.15, 0.2) is 0 Å². The van der Waals surface area contributed by atoms with Gasteiger partial charge in [-0.25, -0.2) is 0 Å². The molecule has 18 heavy (non-hydrogen) atoms. The van der Waals surface area contributed by atoms with Crippen LogP contribution in [0.5, 0.6) is 0 Å². The van der Waals surface area contributed by atoms with Crippen LogP contribution < -0.4 is 10.0 Å². The Balaban J connectivity index is 2.45. The Morgan fingerprint density at radius 2 is 1.83 bits per heavy atom. The third kappa shape index (κ3) is 5.09. The van der Waals surface area contributed by atoms with Gasteiger partial charge in [0.05, 0.1) is 0 Å². The first kappa shape index (κ1) is 15.7. The minimum Gasteiger partial charge on any atom is -0.319 e. The lowest BCUT2D eigenvalue weighted by molar-refractivity contribution is -0.121. The maximum atomic E-state index is 12.0. The van der Waals surface area contributed by atoms with Gasteiger partial charge in [0.1, 0.15) is 6.54 Å². The Bertz CT molecular complexity index is 351. The van der Waals surface area contributed by atoms with E-state index in [1.807, 2.05) is 7.05 Å². The Kier molecular flexibility index (Phi) is 5.38. The van der Waals surface area contributed by atoms with Gasteiger partial charge < -0.3 is 5.32 Å². The van der Waals surface area contributed by atoms with E-state index in [1.165, 1.54) is 0 Å². The van der Waals surface area contributed by atoms with E-state index < -0.39 is 22.9 Å². The molecule has 0 bridgehead atoms. The van der Waals surface area contributed by atoms with E-state index in [0.29, 0.717) is 18.8 Å². The van der Waals surface area contributed by atoms with Gasteiger partial charge >= 0.3 is 6.18 Å². The second-order valence-electron chi connectivity index (χ2n) is 4.34. The van der Waals surface area contributed by atoms with E-state index in [2.05, 4.69) is 5.32 Å². The van der Waals surface area contributed by atoms with E-state index in [0.717, 1.165) is 10.8 Å². The van der Waals surface area contributed by atoms with E-state index >= 15 is 0 Å². The SMILES string of the molecule is CNCC1CCN(S(=O)(=O)NCC(F)(F)F)CC1. The third-order valence-electron chi connectivity index (χ3n) is 2.86. The van der Waals surface area contributed by atoms with Crippen LogP contribution in [0.4, 0.5) is 13.2 Å². The maximum absolute atomic E-state index is 12.0. The Morgan fingerprint density at radius 3 is 2.28 bits per heavy atom. The van der Waals surface area contributed by atoms with Crippen molar-refractivity contribution in [2.75, 3.05) is 33.2 Å². The first-order valence-electron chi connectivity index (χ1n) is 5.70. The van der Waals surface area contributed by atoms with Gasteiger partial charge in [0.25, 0.3) is 10.2 Å². The first-order chi connectivity index (χ1) is 8.24. The molecule has 0 amide bonds. The van der Waals surface area contributed by atoms with Crippen LogP contribution in [-0.2, 0) is 10.2 Å². The predicted octanol–water partition coefficient (Wildman–Crippen LogP) is 0.314. The highest BCUT2D eigenvalue weighted by Gasteiger charge is 2.33. The summed E-state index contributed by atoms with van der Waals surface area (Å²) in [7, 11) is -2.20. The van der Waals surface area contributed by atoms with Crippen LogP contribution in [0, 0.1) is 5.92 Å². The number of nitrogens with zero attached hydrogens (tertiary/aromatic N) is 1. The molecule has 1 aliphatic rings. The molecule has 1 aliphatic heterocycles. The Morgan fingerprint density at radius 1 is 1.28 bits per heavy atom. The molecule has 0 saturated carbocycles. The molecule has 9 heteroatoms. The highest BCUT2D eigenvalue weighted by molar-refractivity contribution is 7.87. The zero-order valence-corrected chi connectivity index (χ0v) is 10.9. The number of nitrogens with one attached hydrogen (secondary N) is 2. The molecule has 2 N–H and O–H groups in total. The number of rotatable bonds is 5. The van der Waals surface area contributed by atoms with Gasteiger partial charge in [-0.3, -0.25) is 0 Å². The molecule has 0 aromatic rings. The van der Waals surface area contributed by atoms with Crippen LogP contribution in [0.3, 0.4) is 0 Å². The molecule has 0 aliphatic carbocycles. The van der Waals surface area contributed by atoms with Gasteiger partial charge in [0.2, 0.25) is 0 Å². The molecular weight excluding hydrogens is 271 g/mol. The van der Waals surface area contributed by atoms with Crippen LogP contribution in [-0.4, -0.2) is 52.1 Å². The lowest BCUT2D eigenvalue weighted by atomic mass is 9.98. The molecule has 108 valence electrons. The lowest BCUT2D eigenvalue weighted by Crippen LogP contribution is -2.48. The van der Waals surface area contributed by atoms with Crippen molar-refractivity contribution in [1.29, 1.82) is 0 Å². The molecule has 1 fully saturated rings. The fourth-order valence-electron chi connectivity index (χ4n) is 1.91. The highest BCUT2D eigenvalue weighted by Crippen LogP contribution is 2.19. The van der Waals surface area contributed by atoms with Crippen LogP contribution in [0.25, 0.3) is 0 Å².